The van der Waals surface area contributed by atoms with Crippen LogP contribution in [0, 0.1) is 6.92 Å². The summed E-state index contributed by atoms with van der Waals surface area (Å²) in [6, 6.07) is 9.32. The maximum absolute atomic E-state index is 12.5. The van der Waals surface area contributed by atoms with Gasteiger partial charge in [-0.05, 0) is 36.2 Å². The highest BCUT2D eigenvalue weighted by Crippen LogP contribution is 2.34. The predicted octanol–water partition coefficient (Wildman–Crippen LogP) is 3.24. The van der Waals surface area contributed by atoms with Crippen molar-refractivity contribution in [1.29, 1.82) is 0 Å². The molecule has 0 aliphatic carbocycles. The van der Waals surface area contributed by atoms with Gasteiger partial charge >= 0.3 is 18.0 Å². The summed E-state index contributed by atoms with van der Waals surface area (Å²) in [5, 5.41) is 5.44. The Hall–Kier alpha value is -4.45. The molecule has 3 amide bonds. The summed E-state index contributed by atoms with van der Waals surface area (Å²) in [6.45, 7) is 1.75. The van der Waals surface area contributed by atoms with Crippen LogP contribution in [0.15, 0.2) is 42.6 Å². The lowest BCUT2D eigenvalue weighted by molar-refractivity contribution is 0.0601. The van der Waals surface area contributed by atoms with E-state index in [0.29, 0.717) is 17.1 Å². The van der Waals surface area contributed by atoms with E-state index in [9.17, 15) is 19.2 Å². The standard InChI is InChI=1S/C23H22N4O7S/c1-12-17(21(29)32-2)20(35-18(12)22(30)33-3)27-23(31)26-11-13-4-6-14(7-5-13)34-15-8-9-25-16(10-15)19(24)28/h4-10H,11H2,1-3H3,(H2,24,28)(H2,26,27,31). The molecule has 35 heavy (non-hydrogen) atoms. The van der Waals surface area contributed by atoms with E-state index in [-0.39, 0.29) is 27.7 Å². The fourth-order valence-electron chi connectivity index (χ4n) is 2.99. The van der Waals surface area contributed by atoms with Crippen molar-refractivity contribution < 1.29 is 33.4 Å². The lowest BCUT2D eigenvalue weighted by Crippen LogP contribution is -2.28. The number of hydrogen-bond acceptors (Lipinski definition) is 9. The van der Waals surface area contributed by atoms with Gasteiger partial charge in [0.15, 0.2) is 0 Å². The van der Waals surface area contributed by atoms with Crippen molar-refractivity contribution in [2.45, 2.75) is 13.5 Å². The number of carbonyl (C=O) groups is 4. The molecule has 0 fully saturated rings. The molecule has 3 rings (SSSR count). The summed E-state index contributed by atoms with van der Waals surface area (Å²) in [6.07, 6.45) is 1.42. The van der Waals surface area contributed by atoms with Crippen LogP contribution in [0.3, 0.4) is 0 Å². The molecule has 0 unspecified atom stereocenters. The first-order valence-electron chi connectivity index (χ1n) is 10.1. The van der Waals surface area contributed by atoms with Crippen LogP contribution in [0.4, 0.5) is 9.80 Å². The third-order valence-corrected chi connectivity index (χ3v) is 5.92. The number of methoxy groups -OCH3 is 2. The van der Waals surface area contributed by atoms with Crippen molar-refractivity contribution >= 4 is 40.2 Å². The molecule has 11 nitrogen and oxygen atoms in total. The van der Waals surface area contributed by atoms with Crippen molar-refractivity contribution in [3.63, 3.8) is 0 Å². The number of urea groups is 1. The monoisotopic (exact) mass is 498 g/mol. The Morgan fingerprint density at radius 2 is 1.69 bits per heavy atom. The fraction of sp³-hybridized carbons (Fsp3) is 0.174. The number of nitrogens with two attached hydrogens (primary N) is 1. The van der Waals surface area contributed by atoms with Gasteiger partial charge in [-0.15, -0.1) is 11.3 Å². The van der Waals surface area contributed by atoms with Gasteiger partial charge in [0.05, 0.1) is 19.8 Å². The van der Waals surface area contributed by atoms with Crippen LogP contribution in [0.2, 0.25) is 0 Å². The molecule has 182 valence electrons. The molecule has 2 aromatic heterocycles. The SMILES string of the molecule is COC(=O)c1sc(NC(=O)NCc2ccc(Oc3ccnc(C(N)=O)c3)cc2)c(C(=O)OC)c1C. The molecule has 0 saturated heterocycles. The predicted molar refractivity (Wildman–Crippen MR) is 127 cm³/mol. The highest BCUT2D eigenvalue weighted by Gasteiger charge is 2.26. The van der Waals surface area contributed by atoms with Gasteiger partial charge in [-0.1, -0.05) is 12.1 Å². The second-order valence-electron chi connectivity index (χ2n) is 7.04. The number of benzene rings is 1. The van der Waals surface area contributed by atoms with Gasteiger partial charge in [-0.3, -0.25) is 15.1 Å². The summed E-state index contributed by atoms with van der Waals surface area (Å²) < 4.78 is 15.2. The molecular formula is C23H22N4O7S. The van der Waals surface area contributed by atoms with E-state index in [1.165, 1.54) is 26.5 Å². The minimum atomic E-state index is -0.683. The highest BCUT2D eigenvalue weighted by molar-refractivity contribution is 7.18. The molecule has 0 aliphatic rings. The second kappa shape index (κ2) is 11.1. The Bertz CT molecular complexity index is 1270. The molecule has 0 spiro atoms. The minimum Gasteiger partial charge on any atom is -0.465 e. The van der Waals surface area contributed by atoms with Crippen molar-refractivity contribution in [3.8, 4) is 11.5 Å². The number of pyridine rings is 1. The number of thiophene rings is 1. The first kappa shape index (κ1) is 25.2. The molecule has 2 heterocycles. The number of primary amides is 1. The Kier molecular flexibility index (Phi) is 8.00. The molecule has 3 aromatic rings. The maximum atomic E-state index is 12.5. The summed E-state index contributed by atoms with van der Waals surface area (Å²) in [5.41, 5.74) is 6.52. The fourth-order valence-corrected chi connectivity index (χ4v) is 4.10. The van der Waals surface area contributed by atoms with Crippen molar-refractivity contribution in [1.82, 2.24) is 10.3 Å². The number of esters is 2. The van der Waals surface area contributed by atoms with Crippen molar-refractivity contribution in [2.75, 3.05) is 19.5 Å². The number of amides is 3. The van der Waals surface area contributed by atoms with Gasteiger partial charge in [0, 0.05) is 18.8 Å². The molecule has 4 N–H and O–H groups in total. The first-order valence-corrected chi connectivity index (χ1v) is 10.9. The third kappa shape index (κ3) is 6.12. The third-order valence-electron chi connectivity index (χ3n) is 4.73. The maximum Gasteiger partial charge on any atom is 0.348 e. The van der Waals surface area contributed by atoms with Crippen LogP contribution in [0.1, 0.15) is 41.6 Å². The Labute approximate surface area is 204 Å². The number of nitrogens with one attached hydrogen (secondary N) is 2. The number of hydrogen-bond donors (Lipinski definition) is 3. The van der Waals surface area contributed by atoms with Crippen molar-refractivity contribution in [2.24, 2.45) is 5.73 Å². The molecule has 1 aromatic carbocycles. The zero-order valence-electron chi connectivity index (χ0n) is 19.0. The van der Waals surface area contributed by atoms with Gasteiger partial charge in [-0.2, -0.15) is 0 Å². The zero-order valence-corrected chi connectivity index (χ0v) is 19.9. The van der Waals surface area contributed by atoms with E-state index in [4.69, 9.17) is 19.9 Å². The van der Waals surface area contributed by atoms with Crippen LogP contribution >= 0.6 is 11.3 Å². The molecule has 0 bridgehead atoms. The van der Waals surface area contributed by atoms with E-state index in [0.717, 1.165) is 16.9 Å². The first-order chi connectivity index (χ1) is 16.7. The second-order valence-corrected chi connectivity index (χ2v) is 8.06. The number of aromatic nitrogens is 1. The lowest BCUT2D eigenvalue weighted by Gasteiger charge is -2.09. The normalized spacial score (nSPS) is 10.3. The van der Waals surface area contributed by atoms with Crippen molar-refractivity contribution in [3.05, 3.63) is 69.9 Å². The van der Waals surface area contributed by atoms with Gasteiger partial charge in [-0.25, -0.2) is 14.4 Å². The quantitative estimate of drug-likeness (QED) is 0.399. The average molecular weight is 499 g/mol. The van der Waals surface area contributed by atoms with E-state index in [1.54, 1.807) is 37.3 Å². The van der Waals surface area contributed by atoms with Crippen LogP contribution in [0.5, 0.6) is 11.5 Å². The van der Waals surface area contributed by atoms with Crippen LogP contribution in [0.25, 0.3) is 0 Å². The molecule has 0 aliphatic heterocycles. The minimum absolute atomic E-state index is 0.0873. The Morgan fingerprint density at radius 3 is 2.31 bits per heavy atom. The molecular weight excluding hydrogens is 476 g/mol. The number of rotatable bonds is 8. The number of nitrogens with zero attached hydrogens (tertiary/aromatic N) is 1. The summed E-state index contributed by atoms with van der Waals surface area (Å²) in [7, 11) is 2.44. The topological polar surface area (TPSA) is 159 Å². The van der Waals surface area contributed by atoms with E-state index in [1.807, 2.05) is 0 Å². The lowest BCUT2D eigenvalue weighted by atomic mass is 10.1. The molecule has 0 atom stereocenters. The van der Waals surface area contributed by atoms with Crippen LogP contribution in [-0.4, -0.2) is 43.1 Å². The smallest absolute Gasteiger partial charge is 0.348 e. The van der Waals surface area contributed by atoms with E-state index in [2.05, 4.69) is 15.6 Å². The number of anilines is 1. The largest absolute Gasteiger partial charge is 0.465 e. The Morgan fingerprint density at radius 1 is 1.00 bits per heavy atom. The summed E-state index contributed by atoms with van der Waals surface area (Å²) >= 11 is 0.921. The van der Waals surface area contributed by atoms with Gasteiger partial charge < -0.3 is 25.3 Å². The number of carbonyl (C=O) groups excluding carboxylic acids is 4. The average Bonchev–Trinajstić information content (AvgIpc) is 3.18. The van der Waals surface area contributed by atoms with Crippen LogP contribution in [-0.2, 0) is 16.0 Å². The van der Waals surface area contributed by atoms with Crippen LogP contribution < -0.4 is 21.1 Å². The molecule has 12 heteroatoms. The summed E-state index contributed by atoms with van der Waals surface area (Å²) in [4.78, 5) is 51.9. The highest BCUT2D eigenvalue weighted by atomic mass is 32.1. The molecule has 0 saturated carbocycles. The number of ether oxygens (including phenoxy) is 3. The van der Waals surface area contributed by atoms with Gasteiger partial charge in [0.25, 0.3) is 5.91 Å². The van der Waals surface area contributed by atoms with E-state index >= 15 is 0 Å². The van der Waals surface area contributed by atoms with Gasteiger partial charge in [0.1, 0.15) is 27.1 Å². The zero-order chi connectivity index (χ0) is 25.5. The summed E-state index contributed by atoms with van der Waals surface area (Å²) in [5.74, 6) is -1.05. The van der Waals surface area contributed by atoms with E-state index < -0.39 is 23.9 Å². The Balaban J connectivity index is 1.63. The van der Waals surface area contributed by atoms with Gasteiger partial charge in [0.2, 0.25) is 0 Å². The molecule has 0 radical (unpaired) electrons.